The molecule has 40 heavy (non-hydrogen) atoms. The Morgan fingerprint density at radius 3 is 2.55 bits per heavy atom. The fourth-order valence-corrected chi connectivity index (χ4v) is 5.04. The first-order chi connectivity index (χ1) is 19.1. The van der Waals surface area contributed by atoms with E-state index in [9.17, 15) is 23.1 Å². The van der Waals surface area contributed by atoms with Crippen molar-refractivity contribution < 1.29 is 32.7 Å². The lowest BCUT2D eigenvalue weighted by atomic mass is 9.94. The van der Waals surface area contributed by atoms with Gasteiger partial charge in [-0.1, -0.05) is 47.1 Å². The number of nitrogens with zero attached hydrogens (tertiary/aromatic N) is 5. The van der Waals surface area contributed by atoms with E-state index in [-0.39, 0.29) is 35.3 Å². The first-order valence-corrected chi connectivity index (χ1v) is 12.9. The summed E-state index contributed by atoms with van der Waals surface area (Å²) in [5.74, 6) is -0.969. The minimum Gasteiger partial charge on any atom is -0.481 e. The van der Waals surface area contributed by atoms with Crippen molar-refractivity contribution in [3.8, 4) is 28.5 Å². The third-order valence-electron chi connectivity index (χ3n) is 7.02. The van der Waals surface area contributed by atoms with Crippen LogP contribution in [0.15, 0.2) is 59.3 Å². The van der Waals surface area contributed by atoms with E-state index in [1.807, 2.05) is 6.92 Å². The average molecular weight is 556 g/mol. The van der Waals surface area contributed by atoms with Crippen LogP contribution in [0.5, 0.6) is 0 Å². The monoisotopic (exact) mass is 555 g/mol. The quantitative estimate of drug-likeness (QED) is 0.307. The summed E-state index contributed by atoms with van der Waals surface area (Å²) in [5, 5.41) is 27.6. The molecule has 210 valence electrons. The lowest BCUT2D eigenvalue weighted by molar-refractivity contribution is -0.142. The summed E-state index contributed by atoms with van der Waals surface area (Å²) in [6.45, 7) is 3.61. The van der Waals surface area contributed by atoms with Crippen LogP contribution in [0.2, 0.25) is 0 Å². The van der Waals surface area contributed by atoms with Crippen molar-refractivity contribution >= 4 is 5.97 Å². The molecule has 3 heterocycles. The number of likely N-dealkylation sites (tertiary alicyclic amines) is 1. The Labute approximate surface area is 227 Å². The van der Waals surface area contributed by atoms with Crippen molar-refractivity contribution in [1.82, 2.24) is 24.8 Å². The Morgan fingerprint density at radius 1 is 1.15 bits per heavy atom. The van der Waals surface area contributed by atoms with Crippen LogP contribution in [0.25, 0.3) is 28.5 Å². The van der Waals surface area contributed by atoms with Crippen LogP contribution in [0.4, 0.5) is 13.2 Å². The van der Waals surface area contributed by atoms with E-state index < -0.39 is 23.9 Å². The van der Waals surface area contributed by atoms with Gasteiger partial charge in [-0.25, -0.2) is 4.68 Å². The molecular formula is C28H28F3N5O4. The highest BCUT2D eigenvalue weighted by Gasteiger charge is 2.40. The van der Waals surface area contributed by atoms with E-state index in [0.29, 0.717) is 24.2 Å². The molecule has 1 saturated heterocycles. The Hall–Kier alpha value is -4.03. The molecule has 1 fully saturated rings. The summed E-state index contributed by atoms with van der Waals surface area (Å²) in [6, 6.07) is 13.2. The molecule has 2 aromatic carbocycles. The normalized spacial score (nSPS) is 17.2. The molecule has 0 aliphatic carbocycles. The first-order valence-electron chi connectivity index (χ1n) is 12.9. The molecule has 2 aromatic heterocycles. The summed E-state index contributed by atoms with van der Waals surface area (Å²) < 4.78 is 48.3. The Balaban J connectivity index is 1.32. The third kappa shape index (κ3) is 6.07. The van der Waals surface area contributed by atoms with E-state index >= 15 is 0 Å². The van der Waals surface area contributed by atoms with Crippen LogP contribution < -0.4 is 0 Å². The SMILES string of the molecule is Cc1ccc(-n2ncc(-c3nc(-c4ccc(C(O)CN5CCCC(CC(=O)O)C5)cc4)no3)c2C(F)(F)F)cc1. The molecule has 2 atom stereocenters. The topological polar surface area (TPSA) is 118 Å². The van der Waals surface area contributed by atoms with Gasteiger partial charge in [0.05, 0.1) is 23.6 Å². The van der Waals surface area contributed by atoms with Crippen molar-refractivity contribution in [3.05, 3.63) is 71.5 Å². The van der Waals surface area contributed by atoms with E-state index in [1.54, 1.807) is 48.5 Å². The van der Waals surface area contributed by atoms with Gasteiger partial charge in [-0.15, -0.1) is 0 Å². The molecule has 0 spiro atoms. The number of alkyl halides is 3. The maximum absolute atomic E-state index is 14.1. The van der Waals surface area contributed by atoms with E-state index in [2.05, 4.69) is 20.1 Å². The van der Waals surface area contributed by atoms with Crippen LogP contribution in [-0.4, -0.2) is 60.6 Å². The first kappa shape index (κ1) is 27.5. The number of aliphatic carboxylic acids is 1. The second-order valence-corrected chi connectivity index (χ2v) is 10.1. The van der Waals surface area contributed by atoms with Crippen molar-refractivity contribution in [3.63, 3.8) is 0 Å². The number of carboxylic acids is 1. The fraction of sp³-hybridized carbons (Fsp3) is 0.357. The summed E-state index contributed by atoms with van der Waals surface area (Å²) in [7, 11) is 0. The molecule has 1 aliphatic heterocycles. The summed E-state index contributed by atoms with van der Waals surface area (Å²) in [5.41, 5.74) is 0.951. The number of aryl methyl sites for hydroxylation is 1. The maximum atomic E-state index is 14.1. The van der Waals surface area contributed by atoms with Crippen LogP contribution >= 0.6 is 0 Å². The zero-order valence-corrected chi connectivity index (χ0v) is 21.7. The van der Waals surface area contributed by atoms with Crippen LogP contribution in [-0.2, 0) is 11.0 Å². The van der Waals surface area contributed by atoms with Crippen molar-refractivity contribution in [2.75, 3.05) is 19.6 Å². The van der Waals surface area contributed by atoms with Gasteiger partial charge < -0.3 is 19.6 Å². The zero-order chi connectivity index (χ0) is 28.4. The van der Waals surface area contributed by atoms with Crippen LogP contribution in [0.3, 0.4) is 0 Å². The lowest BCUT2D eigenvalue weighted by Gasteiger charge is -2.33. The molecular weight excluding hydrogens is 527 g/mol. The number of hydrogen-bond acceptors (Lipinski definition) is 7. The number of piperidine rings is 1. The molecule has 1 aliphatic rings. The predicted molar refractivity (Wildman–Crippen MR) is 138 cm³/mol. The number of carbonyl (C=O) groups is 1. The third-order valence-corrected chi connectivity index (χ3v) is 7.02. The number of hydrogen-bond donors (Lipinski definition) is 2. The van der Waals surface area contributed by atoms with Crippen molar-refractivity contribution in [1.29, 1.82) is 0 Å². The van der Waals surface area contributed by atoms with E-state index in [0.717, 1.165) is 35.8 Å². The standard InChI is InChI=1S/C28H28F3N5O4/c1-17-4-10-21(11-5-17)36-25(28(29,30)31)22(14-32-36)27-33-26(34-40-27)20-8-6-19(7-9-20)23(37)16-35-12-2-3-18(15-35)13-24(38)39/h4-11,14,18,23,37H,2-3,12-13,15-16H2,1H3,(H,38,39). The van der Waals surface area contributed by atoms with Gasteiger partial charge in [0, 0.05) is 25.1 Å². The fourth-order valence-electron chi connectivity index (χ4n) is 5.04. The van der Waals surface area contributed by atoms with Gasteiger partial charge in [0.15, 0.2) is 5.69 Å². The minimum absolute atomic E-state index is 0.0649. The summed E-state index contributed by atoms with van der Waals surface area (Å²) in [4.78, 5) is 17.3. The number of rotatable bonds is 8. The van der Waals surface area contributed by atoms with E-state index in [4.69, 9.17) is 9.63 Å². The van der Waals surface area contributed by atoms with E-state index in [1.165, 1.54) is 0 Å². The number of β-amino-alcohol motifs (C(OH)–C–C–N with tert-alkyl or cyclic N) is 1. The number of benzene rings is 2. The number of aromatic nitrogens is 4. The number of aliphatic hydroxyl groups excluding tert-OH is 1. The highest BCUT2D eigenvalue weighted by Crippen LogP contribution is 2.38. The smallest absolute Gasteiger partial charge is 0.434 e. The molecule has 2 N–H and O–H groups in total. The van der Waals surface area contributed by atoms with Gasteiger partial charge in [0.2, 0.25) is 5.82 Å². The van der Waals surface area contributed by atoms with Gasteiger partial charge in [0.1, 0.15) is 0 Å². The second kappa shape index (κ2) is 11.2. The Bertz CT molecular complexity index is 1460. The number of halogens is 3. The molecule has 0 saturated carbocycles. The van der Waals surface area contributed by atoms with Gasteiger partial charge in [0.25, 0.3) is 5.89 Å². The molecule has 0 amide bonds. The molecule has 2 unspecified atom stereocenters. The molecule has 9 nitrogen and oxygen atoms in total. The number of aliphatic hydroxyl groups is 1. The highest BCUT2D eigenvalue weighted by atomic mass is 19.4. The van der Waals surface area contributed by atoms with Gasteiger partial charge in [-0.2, -0.15) is 23.3 Å². The summed E-state index contributed by atoms with van der Waals surface area (Å²) in [6.07, 6.45) is -2.61. The molecule has 0 bridgehead atoms. The minimum atomic E-state index is -4.73. The predicted octanol–water partition coefficient (Wildman–Crippen LogP) is 5.14. The van der Waals surface area contributed by atoms with Crippen LogP contribution in [0.1, 0.15) is 42.2 Å². The van der Waals surface area contributed by atoms with Crippen molar-refractivity contribution in [2.45, 2.75) is 38.5 Å². The second-order valence-electron chi connectivity index (χ2n) is 10.1. The average Bonchev–Trinajstić information content (AvgIpc) is 3.57. The zero-order valence-electron chi connectivity index (χ0n) is 21.7. The van der Waals surface area contributed by atoms with Crippen molar-refractivity contribution in [2.24, 2.45) is 5.92 Å². The van der Waals surface area contributed by atoms with Gasteiger partial charge >= 0.3 is 12.1 Å². The molecule has 4 aromatic rings. The molecule has 12 heteroatoms. The summed E-state index contributed by atoms with van der Waals surface area (Å²) >= 11 is 0. The maximum Gasteiger partial charge on any atom is 0.434 e. The Kier molecular flexibility index (Phi) is 7.72. The Morgan fingerprint density at radius 2 is 1.88 bits per heavy atom. The molecule has 0 radical (unpaired) electrons. The molecule has 5 rings (SSSR count). The number of carboxylic acid groups (broad SMARTS) is 1. The van der Waals surface area contributed by atoms with Gasteiger partial charge in [-0.05, 0) is 49.9 Å². The van der Waals surface area contributed by atoms with Gasteiger partial charge in [-0.3, -0.25) is 4.79 Å². The largest absolute Gasteiger partial charge is 0.481 e. The van der Waals surface area contributed by atoms with Crippen LogP contribution in [0, 0.1) is 12.8 Å². The lowest BCUT2D eigenvalue weighted by Crippen LogP contribution is -2.38. The highest BCUT2D eigenvalue weighted by molar-refractivity contribution is 5.67.